The van der Waals surface area contributed by atoms with E-state index in [1.807, 2.05) is 28.1 Å². The van der Waals surface area contributed by atoms with E-state index < -0.39 is 40.2 Å². The van der Waals surface area contributed by atoms with Crippen LogP contribution in [0.25, 0.3) is 0 Å². The number of oxime groups is 1. The molecule has 0 heterocycles. The maximum absolute atomic E-state index is 14.9. The molecule has 32 heavy (non-hydrogen) atoms. The first-order chi connectivity index (χ1) is 15.4. The van der Waals surface area contributed by atoms with E-state index in [9.17, 15) is 18.0 Å². The van der Waals surface area contributed by atoms with Crippen molar-refractivity contribution in [3.8, 4) is 0 Å². The summed E-state index contributed by atoms with van der Waals surface area (Å²) >= 11 is 1.89. The third-order valence-corrected chi connectivity index (χ3v) is 4.61. The van der Waals surface area contributed by atoms with Crippen LogP contribution in [0.3, 0.4) is 0 Å². The number of nitrogens with zero attached hydrogens (tertiary/aromatic N) is 1. The van der Waals surface area contributed by atoms with Crippen LogP contribution in [0.5, 0.6) is 0 Å². The first-order valence-corrected chi connectivity index (χ1v) is 10.5. The monoisotopic (exact) mass is 567 g/mol. The largest absolute Gasteiger partial charge is 0.396 e. The number of unbranched alkanes of at least 4 members (excludes halogenated alkanes) is 1. The van der Waals surface area contributed by atoms with Crippen molar-refractivity contribution >= 4 is 46.1 Å². The number of anilines is 2. The van der Waals surface area contributed by atoms with Crippen LogP contribution in [0.15, 0.2) is 29.4 Å². The summed E-state index contributed by atoms with van der Waals surface area (Å²) in [4.78, 5) is 22.2. The minimum absolute atomic E-state index is 0.0145. The Morgan fingerprint density at radius 1 is 1.09 bits per heavy atom. The minimum atomic E-state index is -1.44. The van der Waals surface area contributed by atoms with E-state index in [-0.39, 0.29) is 32.1 Å². The molecule has 0 saturated carbocycles. The van der Waals surface area contributed by atoms with Crippen molar-refractivity contribution < 1.29 is 37.9 Å². The van der Waals surface area contributed by atoms with Crippen molar-refractivity contribution in [1.29, 1.82) is 0 Å². The van der Waals surface area contributed by atoms with E-state index in [2.05, 4.69) is 10.5 Å². The lowest BCUT2D eigenvalue weighted by atomic mass is 10.1. The number of carbonyl (C=O) groups excluding carboxylic acids is 1. The molecule has 0 saturated heterocycles. The standard InChI is InChI=1S/C20H21F3IN3O5/c21-15-10-13(24)3-4-16(15)26-19-14(20(30)27-32-8-6-29)9-12(17(22)18(19)23)11-25-31-7-2-1-5-28/h3-4,9-11,26,28-29H,1-2,5-8H2,(H,27,30)/b25-11+. The molecule has 1 amide bonds. The van der Waals surface area contributed by atoms with Crippen molar-refractivity contribution in [2.75, 3.05) is 31.7 Å². The molecule has 0 bridgehead atoms. The molecule has 2 aromatic carbocycles. The van der Waals surface area contributed by atoms with Crippen LogP contribution in [0, 0.1) is 21.0 Å². The number of aliphatic hydroxyl groups is 2. The van der Waals surface area contributed by atoms with Gasteiger partial charge in [0.25, 0.3) is 5.91 Å². The maximum Gasteiger partial charge on any atom is 0.277 e. The summed E-state index contributed by atoms with van der Waals surface area (Å²) in [7, 11) is 0. The van der Waals surface area contributed by atoms with Gasteiger partial charge in [-0.2, -0.15) is 0 Å². The fraction of sp³-hybridized carbons (Fsp3) is 0.300. The molecule has 0 aromatic heterocycles. The highest BCUT2D eigenvalue weighted by molar-refractivity contribution is 14.1. The molecule has 0 aliphatic heterocycles. The fourth-order valence-corrected chi connectivity index (χ4v) is 2.86. The summed E-state index contributed by atoms with van der Waals surface area (Å²) in [5.74, 6) is -4.49. The topological polar surface area (TPSA) is 112 Å². The van der Waals surface area contributed by atoms with Gasteiger partial charge in [-0.05, 0) is 59.7 Å². The number of benzene rings is 2. The summed E-state index contributed by atoms with van der Waals surface area (Å²) in [5, 5.41) is 23.4. The van der Waals surface area contributed by atoms with Crippen molar-refractivity contribution in [1.82, 2.24) is 5.48 Å². The average Bonchev–Trinajstić information content (AvgIpc) is 2.76. The highest BCUT2D eigenvalue weighted by Crippen LogP contribution is 2.30. The van der Waals surface area contributed by atoms with Gasteiger partial charge in [0, 0.05) is 15.7 Å². The quantitative estimate of drug-likeness (QED) is 0.136. The molecule has 0 unspecified atom stereocenters. The lowest BCUT2D eigenvalue weighted by Gasteiger charge is -2.15. The van der Waals surface area contributed by atoms with Crippen molar-refractivity contribution in [3.63, 3.8) is 0 Å². The summed E-state index contributed by atoms with van der Waals surface area (Å²) in [6.07, 6.45) is 1.88. The summed E-state index contributed by atoms with van der Waals surface area (Å²) in [6.45, 7) is -0.489. The highest BCUT2D eigenvalue weighted by Gasteiger charge is 2.23. The Hall–Kier alpha value is -2.42. The van der Waals surface area contributed by atoms with Crippen LogP contribution in [0.1, 0.15) is 28.8 Å². The number of hydroxylamine groups is 1. The molecule has 12 heteroatoms. The predicted molar refractivity (Wildman–Crippen MR) is 119 cm³/mol. The van der Waals surface area contributed by atoms with Crippen LogP contribution in [0.2, 0.25) is 0 Å². The first kappa shape index (κ1) is 25.8. The minimum Gasteiger partial charge on any atom is -0.396 e. The molecule has 0 atom stereocenters. The molecule has 0 fully saturated rings. The molecule has 2 rings (SSSR count). The Bertz CT molecular complexity index is 963. The van der Waals surface area contributed by atoms with Crippen LogP contribution < -0.4 is 10.8 Å². The first-order valence-electron chi connectivity index (χ1n) is 9.42. The van der Waals surface area contributed by atoms with E-state index in [1.54, 1.807) is 6.07 Å². The zero-order valence-electron chi connectivity index (χ0n) is 16.7. The Labute approximate surface area is 195 Å². The Balaban J connectivity index is 2.38. The lowest BCUT2D eigenvalue weighted by molar-refractivity contribution is 0.0168. The maximum atomic E-state index is 14.9. The third kappa shape index (κ3) is 7.32. The smallest absolute Gasteiger partial charge is 0.277 e. The summed E-state index contributed by atoms with van der Waals surface area (Å²) in [6, 6.07) is 5.02. The van der Waals surface area contributed by atoms with Crippen LogP contribution in [0.4, 0.5) is 24.5 Å². The van der Waals surface area contributed by atoms with Crippen LogP contribution >= 0.6 is 22.6 Å². The normalized spacial score (nSPS) is 11.1. The van der Waals surface area contributed by atoms with Gasteiger partial charge in [-0.25, -0.2) is 18.7 Å². The van der Waals surface area contributed by atoms with Gasteiger partial charge in [-0.3, -0.25) is 9.63 Å². The second kappa shape index (κ2) is 13.2. The van der Waals surface area contributed by atoms with Crippen molar-refractivity contribution in [2.45, 2.75) is 12.8 Å². The van der Waals surface area contributed by atoms with Gasteiger partial charge >= 0.3 is 0 Å². The SMILES string of the molecule is O=C(NOCCO)c1cc(/C=N/OCCCCO)c(F)c(F)c1Nc1ccc(I)cc1F. The molecule has 0 spiro atoms. The number of hydrogen-bond acceptors (Lipinski definition) is 7. The summed E-state index contributed by atoms with van der Waals surface area (Å²) < 4.78 is 44.3. The van der Waals surface area contributed by atoms with E-state index in [0.717, 1.165) is 12.3 Å². The van der Waals surface area contributed by atoms with Gasteiger partial charge < -0.3 is 20.4 Å². The number of hydrogen-bond donors (Lipinski definition) is 4. The van der Waals surface area contributed by atoms with Gasteiger partial charge in [0.1, 0.15) is 12.4 Å². The number of rotatable bonds is 12. The molecular formula is C20H21F3IN3O5. The van der Waals surface area contributed by atoms with E-state index in [1.165, 1.54) is 12.1 Å². The van der Waals surface area contributed by atoms with Gasteiger partial charge in [-0.1, -0.05) is 5.16 Å². The Kier molecular flexibility index (Phi) is 10.7. The van der Waals surface area contributed by atoms with Gasteiger partial charge in [0.2, 0.25) is 0 Å². The number of halogens is 4. The molecule has 0 aliphatic carbocycles. The number of carbonyl (C=O) groups is 1. The highest BCUT2D eigenvalue weighted by atomic mass is 127. The van der Waals surface area contributed by atoms with Gasteiger partial charge in [0.05, 0.1) is 36.4 Å². The molecule has 0 radical (unpaired) electrons. The number of nitrogens with one attached hydrogen (secondary N) is 2. The van der Waals surface area contributed by atoms with E-state index >= 15 is 0 Å². The molecule has 174 valence electrons. The predicted octanol–water partition coefficient (Wildman–Crippen LogP) is 3.23. The van der Waals surface area contributed by atoms with Crippen LogP contribution in [-0.4, -0.2) is 48.8 Å². The molecular weight excluding hydrogens is 546 g/mol. The molecule has 4 N–H and O–H groups in total. The Morgan fingerprint density at radius 2 is 1.88 bits per heavy atom. The third-order valence-electron chi connectivity index (χ3n) is 3.94. The van der Waals surface area contributed by atoms with Gasteiger partial charge in [0.15, 0.2) is 11.6 Å². The van der Waals surface area contributed by atoms with Crippen molar-refractivity contribution in [2.24, 2.45) is 5.16 Å². The summed E-state index contributed by atoms with van der Waals surface area (Å²) in [5.41, 5.74) is 0.398. The van der Waals surface area contributed by atoms with Crippen molar-refractivity contribution in [3.05, 3.63) is 56.4 Å². The van der Waals surface area contributed by atoms with Gasteiger partial charge in [-0.15, -0.1) is 0 Å². The van der Waals surface area contributed by atoms with E-state index in [0.29, 0.717) is 16.4 Å². The lowest BCUT2D eigenvalue weighted by Crippen LogP contribution is -2.26. The zero-order chi connectivity index (χ0) is 23.5. The number of aliphatic hydroxyl groups excluding tert-OH is 2. The Morgan fingerprint density at radius 3 is 2.56 bits per heavy atom. The number of amides is 1. The molecule has 8 nitrogen and oxygen atoms in total. The molecule has 0 aliphatic rings. The average molecular weight is 567 g/mol. The second-order valence-electron chi connectivity index (χ2n) is 6.27. The molecule has 2 aromatic rings. The van der Waals surface area contributed by atoms with E-state index in [4.69, 9.17) is 19.9 Å². The van der Waals surface area contributed by atoms with Crippen LogP contribution in [-0.2, 0) is 9.68 Å². The fourth-order valence-electron chi connectivity index (χ4n) is 2.41. The second-order valence-corrected chi connectivity index (χ2v) is 7.51. The zero-order valence-corrected chi connectivity index (χ0v) is 18.9.